The number of benzene rings is 1. The molecule has 0 unspecified atom stereocenters. The van der Waals surface area contributed by atoms with Gasteiger partial charge in [-0.15, -0.1) is 0 Å². The lowest BCUT2D eigenvalue weighted by Gasteiger charge is -2.26. The molecule has 0 spiro atoms. The summed E-state index contributed by atoms with van der Waals surface area (Å²) in [5.74, 6) is 0. The molecule has 0 radical (unpaired) electrons. The normalized spacial score (nSPS) is 17.9. The van der Waals surface area contributed by atoms with Gasteiger partial charge in [-0.2, -0.15) is 4.31 Å². The third-order valence-corrected chi connectivity index (χ3v) is 6.41. The number of sulfonamides is 1. The van der Waals surface area contributed by atoms with Crippen LogP contribution in [0.5, 0.6) is 0 Å². The zero-order valence-electron chi connectivity index (χ0n) is 12.9. The Balaban J connectivity index is 2.27. The highest BCUT2D eigenvalue weighted by Gasteiger charge is 2.28. The van der Waals surface area contributed by atoms with Gasteiger partial charge >= 0.3 is 0 Å². The first-order chi connectivity index (χ1) is 9.96. The third kappa shape index (κ3) is 3.65. The van der Waals surface area contributed by atoms with E-state index in [0.29, 0.717) is 5.56 Å². The number of hydrogen-bond donors (Lipinski definition) is 1. The van der Waals surface area contributed by atoms with Gasteiger partial charge in [0.1, 0.15) is 0 Å². The Kier molecular flexibility index (Phi) is 5.41. The van der Waals surface area contributed by atoms with Crippen molar-refractivity contribution in [2.75, 3.05) is 7.05 Å². The average molecular weight is 311 g/mol. The van der Waals surface area contributed by atoms with E-state index in [4.69, 9.17) is 0 Å². The lowest BCUT2D eigenvalue weighted by molar-refractivity contribution is 0.280. The summed E-state index contributed by atoms with van der Waals surface area (Å²) < 4.78 is 27.1. The zero-order chi connectivity index (χ0) is 15.5. The summed E-state index contributed by atoms with van der Waals surface area (Å²) in [4.78, 5) is 0.281. The fourth-order valence-electron chi connectivity index (χ4n) is 2.96. The molecule has 1 saturated carbocycles. The van der Waals surface area contributed by atoms with Gasteiger partial charge in [-0.25, -0.2) is 8.42 Å². The van der Waals surface area contributed by atoms with Crippen molar-refractivity contribution in [2.24, 2.45) is 0 Å². The molecule has 0 bridgehead atoms. The summed E-state index contributed by atoms with van der Waals surface area (Å²) in [6, 6.07) is 5.09. The van der Waals surface area contributed by atoms with Gasteiger partial charge in [-0.3, -0.25) is 0 Å². The molecule has 1 N–H and O–H groups in total. The van der Waals surface area contributed by atoms with Gasteiger partial charge in [0.05, 0.1) is 11.5 Å². The van der Waals surface area contributed by atoms with Crippen molar-refractivity contribution in [2.45, 2.75) is 63.0 Å². The molecule has 118 valence electrons. The first-order valence-electron chi connectivity index (χ1n) is 7.65. The second kappa shape index (κ2) is 6.90. The first-order valence-corrected chi connectivity index (χ1v) is 9.09. The molecule has 0 atom stereocenters. The maximum absolute atomic E-state index is 12.8. The number of aliphatic hydroxyl groups excluding tert-OH is 1. The summed E-state index contributed by atoms with van der Waals surface area (Å²) in [6.45, 7) is 1.74. The van der Waals surface area contributed by atoms with Crippen LogP contribution in [0.15, 0.2) is 23.1 Å². The van der Waals surface area contributed by atoms with Crippen molar-refractivity contribution in [3.8, 4) is 0 Å². The molecule has 1 aliphatic rings. The van der Waals surface area contributed by atoms with Crippen LogP contribution in [0.4, 0.5) is 0 Å². The van der Waals surface area contributed by atoms with Gasteiger partial charge < -0.3 is 5.11 Å². The van der Waals surface area contributed by atoms with Gasteiger partial charge in [0.15, 0.2) is 0 Å². The van der Waals surface area contributed by atoms with E-state index in [1.807, 2.05) is 6.92 Å². The van der Waals surface area contributed by atoms with E-state index in [-0.39, 0.29) is 17.5 Å². The van der Waals surface area contributed by atoms with E-state index in [1.165, 1.54) is 17.1 Å². The van der Waals surface area contributed by atoms with Crippen LogP contribution in [0.25, 0.3) is 0 Å². The second-order valence-electron chi connectivity index (χ2n) is 5.91. The average Bonchev–Trinajstić information content (AvgIpc) is 2.75. The van der Waals surface area contributed by atoms with Crippen molar-refractivity contribution in [1.29, 1.82) is 0 Å². The molecular formula is C16H25NO3S. The number of nitrogens with zero attached hydrogens (tertiary/aromatic N) is 1. The third-order valence-electron chi connectivity index (χ3n) is 4.51. The Labute approximate surface area is 127 Å². The van der Waals surface area contributed by atoms with Gasteiger partial charge in [0, 0.05) is 13.1 Å². The molecular weight excluding hydrogens is 286 g/mol. The van der Waals surface area contributed by atoms with Crippen molar-refractivity contribution in [3.63, 3.8) is 0 Å². The minimum absolute atomic E-state index is 0.0939. The minimum atomic E-state index is -3.48. The van der Waals surface area contributed by atoms with E-state index < -0.39 is 10.0 Å². The summed E-state index contributed by atoms with van der Waals surface area (Å²) in [7, 11) is -1.80. The molecule has 21 heavy (non-hydrogen) atoms. The van der Waals surface area contributed by atoms with Gasteiger partial charge in [-0.1, -0.05) is 31.7 Å². The number of hydrogen-bond acceptors (Lipinski definition) is 3. The SMILES string of the molecule is Cc1ccc(S(=O)(=O)N(C)C2CCCCCC2)cc1CO. The van der Waals surface area contributed by atoms with E-state index in [1.54, 1.807) is 25.2 Å². The van der Waals surface area contributed by atoms with Crippen LogP contribution in [0.3, 0.4) is 0 Å². The molecule has 1 aromatic rings. The second-order valence-corrected chi connectivity index (χ2v) is 7.91. The van der Waals surface area contributed by atoms with Crippen LogP contribution in [0, 0.1) is 6.92 Å². The van der Waals surface area contributed by atoms with Crippen molar-refractivity contribution >= 4 is 10.0 Å². The fourth-order valence-corrected chi connectivity index (χ4v) is 4.43. The molecule has 0 saturated heterocycles. The van der Waals surface area contributed by atoms with E-state index in [0.717, 1.165) is 31.2 Å². The summed E-state index contributed by atoms with van der Waals surface area (Å²) >= 11 is 0. The van der Waals surface area contributed by atoms with Crippen LogP contribution < -0.4 is 0 Å². The van der Waals surface area contributed by atoms with Crippen LogP contribution in [0.2, 0.25) is 0 Å². The van der Waals surface area contributed by atoms with Crippen LogP contribution >= 0.6 is 0 Å². The van der Waals surface area contributed by atoms with E-state index >= 15 is 0 Å². The Hall–Kier alpha value is -0.910. The number of aliphatic hydroxyl groups is 1. The monoisotopic (exact) mass is 311 g/mol. The van der Waals surface area contributed by atoms with Crippen molar-refractivity contribution in [3.05, 3.63) is 29.3 Å². The van der Waals surface area contributed by atoms with Crippen LogP contribution in [0.1, 0.15) is 49.7 Å². The molecule has 1 fully saturated rings. The fraction of sp³-hybridized carbons (Fsp3) is 0.625. The molecule has 4 nitrogen and oxygen atoms in total. The molecule has 5 heteroatoms. The lowest BCUT2D eigenvalue weighted by atomic mass is 10.1. The number of rotatable bonds is 4. The molecule has 2 rings (SSSR count). The topological polar surface area (TPSA) is 57.6 Å². The van der Waals surface area contributed by atoms with Gasteiger partial charge in [-0.05, 0) is 43.0 Å². The quantitative estimate of drug-likeness (QED) is 0.870. The van der Waals surface area contributed by atoms with Crippen LogP contribution in [-0.2, 0) is 16.6 Å². The predicted molar refractivity (Wildman–Crippen MR) is 83.5 cm³/mol. The predicted octanol–water partition coefficient (Wildman–Crippen LogP) is 2.83. The number of aryl methyl sites for hydroxylation is 1. The Morgan fingerprint density at radius 1 is 1.19 bits per heavy atom. The molecule has 0 amide bonds. The summed E-state index contributed by atoms with van der Waals surface area (Å²) in [5.41, 5.74) is 1.58. The first kappa shape index (κ1) is 16.5. The van der Waals surface area contributed by atoms with Crippen LogP contribution in [-0.4, -0.2) is 30.9 Å². The maximum atomic E-state index is 12.8. The van der Waals surface area contributed by atoms with Gasteiger partial charge in [0.2, 0.25) is 10.0 Å². The lowest BCUT2D eigenvalue weighted by Crippen LogP contribution is -2.36. The maximum Gasteiger partial charge on any atom is 0.243 e. The van der Waals surface area contributed by atoms with Crippen molar-refractivity contribution in [1.82, 2.24) is 4.31 Å². The standard InChI is InChI=1S/C16H25NO3S/c1-13-9-10-16(11-14(13)12-18)21(19,20)17(2)15-7-5-3-4-6-8-15/h9-11,15,18H,3-8,12H2,1-2H3. The van der Waals surface area contributed by atoms with E-state index in [2.05, 4.69) is 0 Å². The zero-order valence-corrected chi connectivity index (χ0v) is 13.7. The van der Waals surface area contributed by atoms with E-state index in [9.17, 15) is 13.5 Å². The smallest absolute Gasteiger partial charge is 0.243 e. The molecule has 1 aromatic carbocycles. The largest absolute Gasteiger partial charge is 0.392 e. The Morgan fingerprint density at radius 3 is 2.38 bits per heavy atom. The molecule has 0 aliphatic heterocycles. The molecule has 0 heterocycles. The summed E-state index contributed by atoms with van der Waals surface area (Å²) in [5, 5.41) is 9.32. The van der Waals surface area contributed by atoms with Crippen molar-refractivity contribution < 1.29 is 13.5 Å². The highest BCUT2D eigenvalue weighted by molar-refractivity contribution is 7.89. The Bertz CT molecular complexity index is 575. The highest BCUT2D eigenvalue weighted by atomic mass is 32.2. The molecule has 1 aliphatic carbocycles. The van der Waals surface area contributed by atoms with Gasteiger partial charge in [0.25, 0.3) is 0 Å². The molecule has 0 aromatic heterocycles. The minimum Gasteiger partial charge on any atom is -0.392 e. The Morgan fingerprint density at radius 2 is 1.81 bits per heavy atom. The highest BCUT2D eigenvalue weighted by Crippen LogP contribution is 2.26. The summed E-state index contributed by atoms with van der Waals surface area (Å²) in [6.07, 6.45) is 6.47.